The van der Waals surface area contributed by atoms with Gasteiger partial charge in [0.15, 0.2) is 0 Å². The lowest BCUT2D eigenvalue weighted by molar-refractivity contribution is -0.619. The zero-order valence-corrected chi connectivity index (χ0v) is 9.82. The maximum atomic E-state index is 11.3. The normalized spacial score (nSPS) is 35.4. The molecule has 8 nitrogen and oxygen atoms in total. The smallest absolute Gasteiger partial charge is 0.259 e. The van der Waals surface area contributed by atoms with Crippen molar-refractivity contribution in [1.29, 1.82) is 0 Å². The summed E-state index contributed by atoms with van der Waals surface area (Å²) in [5.41, 5.74) is -2.69. The zero-order chi connectivity index (χ0) is 13.4. The van der Waals surface area contributed by atoms with E-state index < -0.39 is 20.9 Å². The maximum Gasteiger partial charge on any atom is 0.259 e. The molecule has 0 saturated carbocycles. The fourth-order valence-corrected chi connectivity index (χ4v) is 2.97. The van der Waals surface area contributed by atoms with E-state index in [0.717, 1.165) is 0 Å². The molecule has 1 N–H and O–H groups in total. The van der Waals surface area contributed by atoms with Crippen molar-refractivity contribution in [3.63, 3.8) is 0 Å². The van der Waals surface area contributed by atoms with E-state index in [4.69, 9.17) is 5.11 Å². The molecule has 0 radical (unpaired) electrons. The molecule has 2 rings (SSSR count). The highest BCUT2D eigenvalue weighted by atomic mass is 16.6. The molecule has 1 fully saturated rings. The van der Waals surface area contributed by atoms with Gasteiger partial charge < -0.3 is 5.11 Å². The summed E-state index contributed by atoms with van der Waals surface area (Å²) in [6.07, 6.45) is 3.15. The summed E-state index contributed by atoms with van der Waals surface area (Å²) in [6.45, 7) is 0.331. The monoisotopic (exact) mass is 257 g/mol. The van der Waals surface area contributed by atoms with Crippen molar-refractivity contribution in [3.8, 4) is 0 Å². The number of nitrogens with zero attached hydrogens (tertiary/aromatic N) is 3. The molecule has 0 spiro atoms. The molecule has 18 heavy (non-hydrogen) atoms. The van der Waals surface area contributed by atoms with Crippen molar-refractivity contribution < 1.29 is 15.0 Å². The zero-order valence-electron chi connectivity index (χ0n) is 9.82. The van der Waals surface area contributed by atoms with Crippen molar-refractivity contribution >= 4 is 0 Å². The van der Waals surface area contributed by atoms with Crippen LogP contribution in [0.1, 0.15) is 12.8 Å². The van der Waals surface area contributed by atoms with Crippen molar-refractivity contribution in [3.05, 3.63) is 32.4 Å². The second-order valence-electron chi connectivity index (χ2n) is 5.06. The van der Waals surface area contributed by atoms with Gasteiger partial charge in [0.25, 0.3) is 5.54 Å². The highest BCUT2D eigenvalue weighted by molar-refractivity contribution is 5.17. The van der Waals surface area contributed by atoms with Crippen LogP contribution in [0.15, 0.2) is 12.2 Å². The maximum absolute atomic E-state index is 11.3. The van der Waals surface area contributed by atoms with Crippen molar-refractivity contribution in [2.45, 2.75) is 23.9 Å². The molecule has 1 aliphatic carbocycles. The largest absolute Gasteiger partial charge is 0.395 e. The van der Waals surface area contributed by atoms with E-state index in [-0.39, 0.29) is 39.1 Å². The molecule has 0 aromatic rings. The minimum Gasteiger partial charge on any atom is -0.395 e. The van der Waals surface area contributed by atoms with Gasteiger partial charge in [0.2, 0.25) is 5.54 Å². The van der Waals surface area contributed by atoms with Gasteiger partial charge in [-0.3, -0.25) is 25.1 Å². The van der Waals surface area contributed by atoms with Gasteiger partial charge in [0.05, 0.1) is 26.1 Å². The first-order valence-corrected chi connectivity index (χ1v) is 5.74. The number of hydrogen-bond acceptors (Lipinski definition) is 6. The van der Waals surface area contributed by atoms with Crippen LogP contribution >= 0.6 is 0 Å². The number of piperidine rings is 1. The molecule has 1 saturated heterocycles. The minimum atomic E-state index is -1.39. The van der Waals surface area contributed by atoms with Crippen LogP contribution < -0.4 is 0 Å². The number of aliphatic hydroxyl groups is 1. The predicted octanol–water partition coefficient (Wildman–Crippen LogP) is -0.325. The van der Waals surface area contributed by atoms with E-state index in [0.29, 0.717) is 0 Å². The fraction of sp³-hybridized carbons (Fsp3) is 0.800. The predicted molar refractivity (Wildman–Crippen MR) is 61.4 cm³/mol. The van der Waals surface area contributed by atoms with Gasteiger partial charge in [-0.15, -0.1) is 0 Å². The average Bonchev–Trinajstić information content (AvgIpc) is 2.28. The van der Waals surface area contributed by atoms with Gasteiger partial charge in [-0.2, -0.15) is 0 Å². The highest BCUT2D eigenvalue weighted by Gasteiger charge is 2.62. The lowest BCUT2D eigenvalue weighted by atomic mass is 9.72. The number of likely N-dealkylation sites (tertiary alicyclic amines) is 1. The summed E-state index contributed by atoms with van der Waals surface area (Å²) in [5.74, 6) is 0. The molecule has 0 aromatic heterocycles. The third-order valence-electron chi connectivity index (χ3n) is 3.74. The molecule has 1 heterocycles. The van der Waals surface area contributed by atoms with Crippen LogP contribution in [-0.2, 0) is 0 Å². The fourth-order valence-electron chi connectivity index (χ4n) is 2.97. The highest BCUT2D eigenvalue weighted by Crippen LogP contribution is 2.40. The number of rotatable bonds is 4. The summed E-state index contributed by atoms with van der Waals surface area (Å²) < 4.78 is 0. The SMILES string of the molecule is O=[N+]([O-])[C@@]12C=CC[C@@]([N+](=O)[O-])(CN(CCO)C1)C2. The summed E-state index contributed by atoms with van der Waals surface area (Å²) >= 11 is 0. The van der Waals surface area contributed by atoms with Gasteiger partial charge >= 0.3 is 0 Å². The Kier molecular flexibility index (Phi) is 3.07. The Morgan fingerprint density at radius 1 is 1.28 bits per heavy atom. The first kappa shape index (κ1) is 12.9. The van der Waals surface area contributed by atoms with Crippen LogP contribution in [-0.4, -0.2) is 57.2 Å². The second kappa shape index (κ2) is 4.29. The molecular formula is C10H15N3O5. The average molecular weight is 257 g/mol. The number of nitro groups is 2. The Bertz CT molecular complexity index is 412. The molecule has 100 valence electrons. The van der Waals surface area contributed by atoms with Crippen LogP contribution in [0.4, 0.5) is 0 Å². The van der Waals surface area contributed by atoms with E-state index in [1.165, 1.54) is 6.08 Å². The molecule has 2 aliphatic rings. The number of aliphatic hydroxyl groups excluding tert-OH is 1. The summed E-state index contributed by atoms with van der Waals surface area (Å²) in [4.78, 5) is 23.3. The lowest BCUT2D eigenvalue weighted by Gasteiger charge is -2.43. The van der Waals surface area contributed by atoms with Crippen molar-refractivity contribution in [2.75, 3.05) is 26.2 Å². The van der Waals surface area contributed by atoms with Gasteiger partial charge in [-0.25, -0.2) is 0 Å². The van der Waals surface area contributed by atoms with E-state index in [1.807, 2.05) is 0 Å². The number of β-amino-alcohol motifs (C(OH)–C–C–N with tert-alkyl or cyclic N) is 1. The molecule has 1 aliphatic heterocycles. The van der Waals surface area contributed by atoms with Crippen molar-refractivity contribution in [2.24, 2.45) is 0 Å². The molecule has 2 atom stereocenters. The Hall–Kier alpha value is -1.54. The van der Waals surface area contributed by atoms with Crippen LogP contribution in [0.25, 0.3) is 0 Å². The van der Waals surface area contributed by atoms with E-state index in [2.05, 4.69) is 0 Å². The Labute approximate surface area is 103 Å². The van der Waals surface area contributed by atoms with E-state index in [9.17, 15) is 20.2 Å². The molecule has 0 aromatic carbocycles. The van der Waals surface area contributed by atoms with Gasteiger partial charge in [-0.1, -0.05) is 6.08 Å². The topological polar surface area (TPSA) is 110 Å². The molecule has 0 unspecified atom stereocenters. The number of fused-ring (bicyclic) bond motifs is 2. The van der Waals surface area contributed by atoms with Crippen LogP contribution in [0, 0.1) is 20.2 Å². The van der Waals surface area contributed by atoms with Crippen LogP contribution in [0.3, 0.4) is 0 Å². The van der Waals surface area contributed by atoms with Gasteiger partial charge in [-0.05, 0) is 6.08 Å². The molecular weight excluding hydrogens is 242 g/mol. The quantitative estimate of drug-likeness (QED) is 0.419. The Balaban J connectivity index is 2.38. The van der Waals surface area contributed by atoms with Crippen molar-refractivity contribution in [1.82, 2.24) is 4.90 Å². The van der Waals surface area contributed by atoms with E-state index in [1.54, 1.807) is 11.0 Å². The molecule has 8 heteroatoms. The standard InChI is InChI=1S/C10H15N3O5/c14-5-4-11-7-9(12(15)16)2-1-3-10(6-9,8-11)13(17)18/h1-2,14H,3-8H2/t9-,10+/m1/s1. The van der Waals surface area contributed by atoms with Gasteiger partial charge in [0, 0.05) is 22.8 Å². The first-order valence-electron chi connectivity index (χ1n) is 5.74. The number of hydrogen-bond donors (Lipinski definition) is 1. The summed E-state index contributed by atoms with van der Waals surface area (Å²) in [6, 6.07) is 0. The van der Waals surface area contributed by atoms with Crippen LogP contribution in [0.5, 0.6) is 0 Å². The molecule has 0 amide bonds. The van der Waals surface area contributed by atoms with Crippen LogP contribution in [0.2, 0.25) is 0 Å². The third-order valence-corrected chi connectivity index (χ3v) is 3.74. The first-order chi connectivity index (χ1) is 8.44. The summed E-state index contributed by atoms with van der Waals surface area (Å²) in [7, 11) is 0. The lowest BCUT2D eigenvalue weighted by Crippen LogP contribution is -2.66. The Morgan fingerprint density at radius 3 is 2.56 bits per heavy atom. The van der Waals surface area contributed by atoms with E-state index >= 15 is 0 Å². The third kappa shape index (κ3) is 1.87. The molecule has 2 bridgehead atoms. The second-order valence-corrected chi connectivity index (χ2v) is 5.06. The van der Waals surface area contributed by atoms with Gasteiger partial charge in [0.1, 0.15) is 0 Å². The Morgan fingerprint density at radius 2 is 2.00 bits per heavy atom. The minimum absolute atomic E-state index is 0.0710. The summed E-state index contributed by atoms with van der Waals surface area (Å²) in [5, 5.41) is 31.4.